The van der Waals surface area contributed by atoms with Crippen LogP contribution in [0.2, 0.25) is 0 Å². The van der Waals surface area contributed by atoms with Gasteiger partial charge in [0, 0.05) is 56.1 Å². The van der Waals surface area contributed by atoms with Crippen LogP contribution in [-0.2, 0) is 21.7 Å². The molecule has 1 aromatic heterocycles. The molecular weight excluding hydrogens is 966 g/mol. The summed E-state index contributed by atoms with van der Waals surface area (Å²) in [7, 11) is 0. The number of hydrogen-bond acceptors (Lipinski definition) is 2. The monoisotopic (exact) mass is 1040 g/mol. The second-order valence-corrected chi connectivity index (χ2v) is 26.7. The van der Waals surface area contributed by atoms with Gasteiger partial charge in [-0.3, -0.25) is 0 Å². The topological polar surface area (TPSA) is 11.4 Å². The number of hydrogen-bond donors (Lipinski definition) is 0. The minimum Gasteiger partial charge on any atom is -0.311 e. The van der Waals surface area contributed by atoms with Crippen molar-refractivity contribution < 1.29 is 0 Å². The second-order valence-electron chi connectivity index (χ2n) is 26.7. The van der Waals surface area contributed by atoms with Crippen molar-refractivity contribution in [2.45, 2.75) is 105 Å². The fourth-order valence-corrected chi connectivity index (χ4v) is 12.6. The molecule has 10 aromatic carbocycles. The predicted molar refractivity (Wildman–Crippen MR) is 346 cm³/mol. The normalized spacial score (nSPS) is 13.4. The summed E-state index contributed by atoms with van der Waals surface area (Å²) >= 11 is 0. The lowest BCUT2D eigenvalue weighted by atomic mass is 9.33. The SMILES string of the molecule is CC(C)(C)c1cc(N2c3cc(-c4ccccc4)ccc3B3c4ccc(-c5ccccc5)cc4N(c4cc(C(C)(C)C)cc(C(C)(C)C)c4)c4cc(-c5cccc6c7ccccc7n(-c7ccccc7)c56)cc2c43)cc(C(C)(C)C)c1. The molecule has 0 atom stereocenters. The van der Waals surface area contributed by atoms with Gasteiger partial charge < -0.3 is 14.4 Å². The first-order chi connectivity index (χ1) is 38.2. The van der Waals surface area contributed by atoms with Crippen LogP contribution in [0, 0.1) is 0 Å². The number of para-hydroxylation sites is 3. The Morgan fingerprint density at radius 3 is 1.15 bits per heavy atom. The lowest BCUT2D eigenvalue weighted by molar-refractivity contribution is 0.568. The van der Waals surface area contributed by atoms with Crippen LogP contribution >= 0.6 is 0 Å². The van der Waals surface area contributed by atoms with E-state index < -0.39 is 0 Å². The van der Waals surface area contributed by atoms with Crippen LogP contribution in [0.3, 0.4) is 0 Å². The van der Waals surface area contributed by atoms with E-state index in [0.29, 0.717) is 0 Å². The van der Waals surface area contributed by atoms with Crippen LogP contribution in [0.1, 0.15) is 105 Å². The van der Waals surface area contributed by atoms with Gasteiger partial charge in [0.1, 0.15) is 0 Å². The molecule has 0 saturated heterocycles. The minimum atomic E-state index is -0.111. The van der Waals surface area contributed by atoms with Gasteiger partial charge in [-0.15, -0.1) is 0 Å². The molecule has 0 radical (unpaired) electrons. The zero-order valence-corrected chi connectivity index (χ0v) is 48.7. The molecule has 80 heavy (non-hydrogen) atoms. The number of rotatable bonds is 6. The van der Waals surface area contributed by atoms with E-state index in [9.17, 15) is 0 Å². The van der Waals surface area contributed by atoms with Crippen molar-refractivity contribution in [1.82, 2.24) is 4.57 Å². The number of fused-ring (bicyclic) bond motifs is 7. The van der Waals surface area contributed by atoms with E-state index in [1.165, 1.54) is 122 Å². The van der Waals surface area contributed by atoms with Crippen molar-refractivity contribution in [2.75, 3.05) is 9.80 Å². The summed E-state index contributed by atoms with van der Waals surface area (Å²) in [6.07, 6.45) is 0. The molecule has 4 heteroatoms. The summed E-state index contributed by atoms with van der Waals surface area (Å²) in [5.74, 6) is 0. The molecule has 13 rings (SSSR count). The standard InChI is InChI=1S/C76H72BN3/c1-73(2,3)54-43-55(74(4,5)6)46-59(45-54)78-67-39-51(49-25-16-13-17-26-49)35-37-64(67)77-65-38-36-52(50-27-18-14-19-28-50)40-68(65)79(60-47-56(75(7,8)9)44-57(48-60)76(10,11)12)70-42-53(41-69(78)71(70)77)61-32-24-33-63-62-31-22-23-34-66(62)80(72(61)63)58-29-20-15-21-30-58/h13-48H,1-12H3. The van der Waals surface area contributed by atoms with Crippen LogP contribution in [0.4, 0.5) is 34.1 Å². The lowest BCUT2D eigenvalue weighted by Gasteiger charge is -2.45. The van der Waals surface area contributed by atoms with Crippen molar-refractivity contribution in [2.24, 2.45) is 0 Å². The van der Waals surface area contributed by atoms with Crippen LogP contribution in [0.5, 0.6) is 0 Å². The van der Waals surface area contributed by atoms with Crippen molar-refractivity contribution in [3.63, 3.8) is 0 Å². The van der Waals surface area contributed by atoms with Gasteiger partial charge in [0.05, 0.1) is 11.0 Å². The largest absolute Gasteiger partial charge is 0.311 e. The molecule has 2 aliphatic rings. The summed E-state index contributed by atoms with van der Waals surface area (Å²) in [6, 6.07) is 83.3. The average molecular weight is 1040 g/mol. The van der Waals surface area contributed by atoms with E-state index in [1.54, 1.807) is 0 Å². The first kappa shape index (κ1) is 51.1. The van der Waals surface area contributed by atoms with E-state index >= 15 is 0 Å². The third-order valence-corrected chi connectivity index (χ3v) is 17.1. The fourth-order valence-electron chi connectivity index (χ4n) is 12.6. The first-order valence-corrected chi connectivity index (χ1v) is 28.8. The summed E-state index contributed by atoms with van der Waals surface area (Å²) < 4.78 is 2.50. The Balaban J connectivity index is 1.22. The Kier molecular flexibility index (Phi) is 11.9. The van der Waals surface area contributed by atoms with Gasteiger partial charge in [-0.1, -0.05) is 235 Å². The van der Waals surface area contributed by atoms with Gasteiger partial charge in [-0.25, -0.2) is 0 Å². The molecule has 3 heterocycles. The predicted octanol–water partition coefficient (Wildman–Crippen LogP) is 19.1. The molecule has 394 valence electrons. The molecule has 0 N–H and O–H groups in total. The van der Waals surface area contributed by atoms with E-state index in [0.717, 1.165) is 11.3 Å². The highest BCUT2D eigenvalue weighted by molar-refractivity contribution is 7.00. The second kappa shape index (κ2) is 18.6. The molecule has 0 bridgehead atoms. The summed E-state index contributed by atoms with van der Waals surface area (Å²) in [5, 5.41) is 2.47. The molecular formula is C76H72BN3. The molecule has 3 nitrogen and oxygen atoms in total. The molecule has 0 spiro atoms. The van der Waals surface area contributed by atoms with Gasteiger partial charge >= 0.3 is 0 Å². The Bertz CT molecular complexity index is 3960. The van der Waals surface area contributed by atoms with Gasteiger partial charge in [0.25, 0.3) is 6.71 Å². The number of anilines is 6. The number of benzene rings is 10. The quantitative estimate of drug-likeness (QED) is 0.154. The van der Waals surface area contributed by atoms with E-state index in [4.69, 9.17) is 0 Å². The third kappa shape index (κ3) is 8.67. The van der Waals surface area contributed by atoms with E-state index in [-0.39, 0.29) is 28.4 Å². The molecule has 2 aliphatic heterocycles. The van der Waals surface area contributed by atoms with E-state index in [2.05, 4.69) is 316 Å². The molecule has 0 aliphatic carbocycles. The van der Waals surface area contributed by atoms with Gasteiger partial charge in [0.2, 0.25) is 0 Å². The van der Waals surface area contributed by atoms with Crippen LogP contribution in [0.15, 0.2) is 218 Å². The molecule has 0 amide bonds. The maximum absolute atomic E-state index is 2.66. The zero-order valence-electron chi connectivity index (χ0n) is 48.7. The summed E-state index contributed by atoms with van der Waals surface area (Å²) in [6.45, 7) is 28.2. The van der Waals surface area contributed by atoms with Crippen molar-refractivity contribution in [3.8, 4) is 39.1 Å². The van der Waals surface area contributed by atoms with Crippen molar-refractivity contribution in [3.05, 3.63) is 241 Å². The van der Waals surface area contributed by atoms with E-state index in [1.807, 2.05) is 0 Å². The lowest BCUT2D eigenvalue weighted by Crippen LogP contribution is -2.61. The van der Waals surface area contributed by atoms with Crippen LogP contribution < -0.4 is 26.2 Å². The van der Waals surface area contributed by atoms with Gasteiger partial charge in [-0.05, 0) is 155 Å². The Hall–Kier alpha value is -8.34. The Morgan fingerprint density at radius 2 is 0.700 bits per heavy atom. The number of nitrogens with zero attached hydrogens (tertiary/aromatic N) is 3. The maximum atomic E-state index is 2.66. The summed E-state index contributed by atoms with van der Waals surface area (Å²) in [5.41, 5.74) is 26.5. The molecule has 0 saturated carbocycles. The molecule has 11 aromatic rings. The molecule has 0 unspecified atom stereocenters. The summed E-state index contributed by atoms with van der Waals surface area (Å²) in [4.78, 5) is 5.32. The average Bonchev–Trinajstić information content (AvgIpc) is 3.82. The van der Waals surface area contributed by atoms with Crippen molar-refractivity contribution in [1.29, 1.82) is 0 Å². The third-order valence-electron chi connectivity index (χ3n) is 17.1. The zero-order chi connectivity index (χ0) is 55.6. The van der Waals surface area contributed by atoms with Crippen LogP contribution in [0.25, 0.3) is 60.9 Å². The fraction of sp³-hybridized carbons (Fsp3) is 0.211. The highest BCUT2D eigenvalue weighted by atomic mass is 15.2. The first-order valence-electron chi connectivity index (χ1n) is 28.8. The maximum Gasteiger partial charge on any atom is 0.252 e. The minimum absolute atomic E-state index is 0.0893. The smallest absolute Gasteiger partial charge is 0.252 e. The number of aromatic nitrogens is 1. The highest BCUT2D eigenvalue weighted by Gasteiger charge is 2.45. The Morgan fingerprint density at radius 1 is 0.300 bits per heavy atom. The van der Waals surface area contributed by atoms with Crippen molar-refractivity contribution >= 4 is 79.0 Å². The Labute approximate surface area is 475 Å². The van der Waals surface area contributed by atoms with Gasteiger partial charge in [-0.2, -0.15) is 0 Å². The van der Waals surface area contributed by atoms with Crippen LogP contribution in [-0.4, -0.2) is 11.3 Å². The molecule has 0 fully saturated rings. The highest BCUT2D eigenvalue weighted by Crippen LogP contribution is 2.51. The van der Waals surface area contributed by atoms with Gasteiger partial charge in [0.15, 0.2) is 0 Å².